The Morgan fingerprint density at radius 2 is 1.85 bits per heavy atom. The second-order valence-corrected chi connectivity index (χ2v) is 9.67. The van der Waals surface area contributed by atoms with E-state index < -0.39 is 29.8 Å². The number of benzene rings is 1. The summed E-state index contributed by atoms with van der Waals surface area (Å²) in [6, 6.07) is 2.91. The highest BCUT2D eigenvalue weighted by Crippen LogP contribution is 2.46. The van der Waals surface area contributed by atoms with Gasteiger partial charge in [0.25, 0.3) is 0 Å². The molecule has 1 unspecified atom stereocenters. The number of H-pyrrole nitrogens is 1. The molecule has 0 radical (unpaired) electrons. The van der Waals surface area contributed by atoms with Crippen LogP contribution in [0.3, 0.4) is 0 Å². The number of primary sulfonamides is 2. The predicted octanol–water partition coefficient (Wildman–Crippen LogP) is -1.37. The molecule has 3 atom stereocenters. The molecule has 4 rings (SSSR count). The fraction of sp³-hybridized carbons (Fsp3) is 0.462. The first-order chi connectivity index (χ1) is 12.2. The van der Waals surface area contributed by atoms with E-state index >= 15 is 0 Å². The van der Waals surface area contributed by atoms with Crippen LogP contribution in [0, 0.1) is 5.92 Å². The first-order valence-electron chi connectivity index (χ1n) is 7.86. The van der Waals surface area contributed by atoms with Gasteiger partial charge in [-0.2, -0.15) is 5.21 Å². The maximum absolute atomic E-state index is 12.3. The van der Waals surface area contributed by atoms with Gasteiger partial charge in [-0.1, -0.05) is 6.07 Å². The van der Waals surface area contributed by atoms with Crippen molar-refractivity contribution < 1.29 is 16.8 Å². The third-order valence-electron chi connectivity index (χ3n) is 5.04. The molecule has 1 aliphatic heterocycles. The van der Waals surface area contributed by atoms with Gasteiger partial charge in [-0.05, 0) is 42.1 Å². The van der Waals surface area contributed by atoms with Crippen molar-refractivity contribution in [2.75, 3.05) is 6.54 Å². The minimum Gasteiger partial charge on any atom is -0.313 e. The summed E-state index contributed by atoms with van der Waals surface area (Å²) in [5.41, 5.74) is 0.648. The van der Waals surface area contributed by atoms with Crippen LogP contribution in [0.2, 0.25) is 0 Å². The molecule has 1 aliphatic carbocycles. The highest BCUT2D eigenvalue weighted by atomic mass is 32.2. The summed E-state index contributed by atoms with van der Waals surface area (Å²) in [6.45, 7) is 0.913. The molecule has 1 saturated heterocycles. The molecule has 2 aromatic rings. The molecule has 2 fully saturated rings. The van der Waals surface area contributed by atoms with Crippen LogP contribution < -0.4 is 15.6 Å². The van der Waals surface area contributed by atoms with Crippen molar-refractivity contribution in [2.24, 2.45) is 16.2 Å². The Kier molecular flexibility index (Phi) is 3.89. The van der Waals surface area contributed by atoms with Gasteiger partial charge in [-0.3, -0.25) is 0 Å². The number of piperidine rings is 1. The Hall–Kier alpha value is -1.93. The molecule has 1 aromatic carbocycles. The van der Waals surface area contributed by atoms with Crippen molar-refractivity contribution in [3.05, 3.63) is 17.7 Å². The Balaban J connectivity index is 2.05. The van der Waals surface area contributed by atoms with Crippen LogP contribution in [0.5, 0.6) is 0 Å². The summed E-state index contributed by atoms with van der Waals surface area (Å²) in [5, 5.41) is 27.4. The molecule has 0 spiro atoms. The normalized spacial score (nSPS) is 25.7. The number of nitrogens with zero attached hydrogens (tertiary/aromatic N) is 3. The molecule has 13 heteroatoms. The number of rotatable bonds is 4. The lowest BCUT2D eigenvalue weighted by molar-refractivity contribution is 0.448. The fourth-order valence-corrected chi connectivity index (χ4v) is 6.25. The van der Waals surface area contributed by atoms with Gasteiger partial charge in [0, 0.05) is 17.5 Å². The number of aromatic nitrogens is 4. The number of hydrogen-bond donors (Lipinski definition) is 4. The van der Waals surface area contributed by atoms with Gasteiger partial charge in [0.1, 0.15) is 9.79 Å². The fourth-order valence-electron chi connectivity index (χ4n) is 4.09. The number of tetrazole rings is 1. The van der Waals surface area contributed by atoms with Crippen molar-refractivity contribution in [2.45, 2.75) is 34.6 Å². The molecule has 26 heavy (non-hydrogen) atoms. The molecule has 0 amide bonds. The molecule has 2 aliphatic rings. The minimum atomic E-state index is -4.44. The predicted molar refractivity (Wildman–Crippen MR) is 89.6 cm³/mol. The lowest BCUT2D eigenvalue weighted by Gasteiger charge is -2.26. The average molecular weight is 399 g/mol. The second kappa shape index (κ2) is 5.79. The van der Waals surface area contributed by atoms with E-state index in [1.165, 1.54) is 6.07 Å². The number of aromatic amines is 1. The van der Waals surface area contributed by atoms with E-state index in [0.29, 0.717) is 11.5 Å². The molecular formula is C13H17N7O4S2. The van der Waals surface area contributed by atoms with E-state index in [0.717, 1.165) is 19.4 Å². The number of hydrogen-bond acceptors (Lipinski definition) is 8. The number of nitrogens with one attached hydrogen (secondary N) is 2. The van der Waals surface area contributed by atoms with Crippen LogP contribution in [-0.4, -0.2) is 50.0 Å². The van der Waals surface area contributed by atoms with Crippen LogP contribution in [-0.2, 0) is 20.0 Å². The van der Waals surface area contributed by atoms with E-state index in [1.54, 1.807) is 6.07 Å². The SMILES string of the molecule is NS(=O)(=O)c1ccc(C2C[C@H]3CN[C@H]2C3)c(-c2nn[nH]n2)c1S(N)(=O)=O. The molecular weight excluding hydrogens is 382 g/mol. The quantitative estimate of drug-likeness (QED) is 0.484. The number of fused-ring (bicyclic) bond motifs is 2. The van der Waals surface area contributed by atoms with Gasteiger partial charge >= 0.3 is 0 Å². The first-order valence-corrected chi connectivity index (χ1v) is 10.9. The molecule has 1 aromatic heterocycles. The van der Waals surface area contributed by atoms with Crippen molar-refractivity contribution in [3.63, 3.8) is 0 Å². The van der Waals surface area contributed by atoms with E-state index in [2.05, 4.69) is 25.9 Å². The van der Waals surface area contributed by atoms with E-state index in [-0.39, 0.29) is 23.3 Å². The maximum Gasteiger partial charge on any atom is 0.240 e. The summed E-state index contributed by atoms with van der Waals surface area (Å²) in [5.74, 6) is 0.425. The Labute approximate surface area is 149 Å². The van der Waals surface area contributed by atoms with Crippen LogP contribution in [0.15, 0.2) is 21.9 Å². The largest absolute Gasteiger partial charge is 0.313 e. The van der Waals surface area contributed by atoms with Crippen LogP contribution in [0.4, 0.5) is 0 Å². The van der Waals surface area contributed by atoms with Crippen LogP contribution in [0.1, 0.15) is 24.3 Å². The van der Waals surface area contributed by atoms with Gasteiger partial charge in [0.05, 0.1) is 0 Å². The summed E-state index contributed by atoms with van der Waals surface area (Å²) in [7, 11) is -8.78. The van der Waals surface area contributed by atoms with Crippen molar-refractivity contribution >= 4 is 20.0 Å². The zero-order valence-electron chi connectivity index (χ0n) is 13.5. The van der Waals surface area contributed by atoms with Crippen molar-refractivity contribution in [3.8, 4) is 11.4 Å². The monoisotopic (exact) mass is 399 g/mol. The third kappa shape index (κ3) is 2.81. The third-order valence-corrected chi connectivity index (χ3v) is 7.12. The molecule has 2 bridgehead atoms. The molecule has 140 valence electrons. The van der Waals surface area contributed by atoms with Crippen molar-refractivity contribution in [1.29, 1.82) is 0 Å². The topological polar surface area (TPSA) is 187 Å². The van der Waals surface area contributed by atoms with Gasteiger partial charge in [-0.15, -0.1) is 10.2 Å². The second-order valence-electron chi connectivity index (χ2n) is 6.64. The summed E-state index contributed by atoms with van der Waals surface area (Å²) in [6.07, 6.45) is 1.82. The smallest absolute Gasteiger partial charge is 0.240 e. The van der Waals surface area contributed by atoms with Crippen LogP contribution in [0.25, 0.3) is 11.4 Å². The number of sulfonamides is 2. The highest BCUT2D eigenvalue weighted by Gasteiger charge is 2.43. The Morgan fingerprint density at radius 3 is 2.35 bits per heavy atom. The van der Waals surface area contributed by atoms with Gasteiger partial charge in [0.15, 0.2) is 0 Å². The Bertz CT molecular complexity index is 1070. The molecule has 11 nitrogen and oxygen atoms in total. The van der Waals surface area contributed by atoms with E-state index in [4.69, 9.17) is 10.3 Å². The zero-order chi connectivity index (χ0) is 18.7. The average Bonchev–Trinajstić information content (AvgIpc) is 3.29. The van der Waals surface area contributed by atoms with Gasteiger partial charge in [-0.25, -0.2) is 27.1 Å². The van der Waals surface area contributed by atoms with Crippen molar-refractivity contribution in [1.82, 2.24) is 25.9 Å². The van der Waals surface area contributed by atoms with Gasteiger partial charge in [0.2, 0.25) is 25.9 Å². The lowest BCUT2D eigenvalue weighted by atomic mass is 9.88. The zero-order valence-corrected chi connectivity index (χ0v) is 15.1. The highest BCUT2D eigenvalue weighted by molar-refractivity contribution is 7.92. The van der Waals surface area contributed by atoms with Gasteiger partial charge < -0.3 is 5.32 Å². The Morgan fingerprint density at radius 1 is 1.08 bits per heavy atom. The van der Waals surface area contributed by atoms with E-state index in [9.17, 15) is 16.8 Å². The summed E-state index contributed by atoms with van der Waals surface area (Å²) >= 11 is 0. The molecule has 2 heterocycles. The first kappa shape index (κ1) is 17.5. The van der Waals surface area contributed by atoms with Crippen LogP contribution >= 0.6 is 0 Å². The standard InChI is InChI=1S/C13H17N7O4S2/c14-25(21,22)10-2-1-7(8-3-6-4-9(8)16-5-6)11(12(10)26(15,23)24)13-17-19-20-18-13/h1-2,6,8-9,16H,3-5H2,(H2,14,21,22)(H2,15,23,24)(H,17,18,19,20)/t6-,8?,9+/m1/s1. The minimum absolute atomic E-state index is 0.0164. The van der Waals surface area contributed by atoms with E-state index in [1.807, 2.05) is 0 Å². The lowest BCUT2D eigenvalue weighted by Crippen LogP contribution is -2.32. The summed E-state index contributed by atoms with van der Waals surface area (Å²) < 4.78 is 48.5. The number of nitrogens with two attached hydrogens (primary N) is 2. The maximum atomic E-state index is 12.3. The molecule has 1 saturated carbocycles. The summed E-state index contributed by atoms with van der Waals surface area (Å²) in [4.78, 5) is -1.18. The molecule has 6 N–H and O–H groups in total.